The first kappa shape index (κ1) is 36.6. The summed E-state index contributed by atoms with van der Waals surface area (Å²) >= 11 is -2.51. The zero-order chi connectivity index (χ0) is 27.5. The average molecular weight is 634 g/mol. The van der Waals surface area contributed by atoms with Gasteiger partial charge in [-0.25, -0.2) is 0 Å². The Morgan fingerprint density at radius 1 is 0.778 bits per heavy atom. The van der Waals surface area contributed by atoms with Gasteiger partial charge in [-0.15, -0.1) is 0 Å². The third kappa shape index (κ3) is 14.7. The van der Waals surface area contributed by atoms with E-state index in [2.05, 4.69) is 73.7 Å². The molecular weight excluding hydrogens is 567 g/mol. The Kier molecular flexibility index (Phi) is 20.9. The van der Waals surface area contributed by atoms with Gasteiger partial charge in [-0.1, -0.05) is 0 Å². The molecule has 0 aromatic heterocycles. The molecule has 0 spiro atoms. The molecule has 0 amide bonds. The van der Waals surface area contributed by atoms with Crippen LogP contribution in [-0.2, 0) is 13.9 Å². The van der Waals surface area contributed by atoms with Crippen LogP contribution in [0.15, 0.2) is 12.2 Å². The van der Waals surface area contributed by atoms with Crippen LogP contribution in [0.25, 0.3) is 0 Å². The molecule has 3 nitrogen and oxygen atoms in total. The van der Waals surface area contributed by atoms with Crippen molar-refractivity contribution >= 4 is 26.7 Å². The van der Waals surface area contributed by atoms with Gasteiger partial charge in [0.05, 0.1) is 0 Å². The van der Waals surface area contributed by atoms with Crippen molar-refractivity contribution in [3.05, 3.63) is 12.2 Å². The van der Waals surface area contributed by atoms with E-state index in [0.717, 1.165) is 6.42 Å². The predicted octanol–water partition coefficient (Wildman–Crippen LogP) is 10.7. The maximum absolute atomic E-state index is 6.86. The molecule has 36 heavy (non-hydrogen) atoms. The van der Waals surface area contributed by atoms with Crippen molar-refractivity contribution in [3.63, 3.8) is 0 Å². The molecule has 0 aliphatic carbocycles. The fourth-order valence-electron chi connectivity index (χ4n) is 4.94. The van der Waals surface area contributed by atoms with Crippen LogP contribution in [0, 0.1) is 0 Å². The van der Waals surface area contributed by atoms with E-state index in [1.54, 1.807) is 7.11 Å². The van der Waals surface area contributed by atoms with E-state index in [1.807, 2.05) is 0 Å². The van der Waals surface area contributed by atoms with Gasteiger partial charge in [-0.2, -0.15) is 0 Å². The predicted molar refractivity (Wildman–Crippen MR) is 166 cm³/mol. The molecule has 0 saturated heterocycles. The van der Waals surface area contributed by atoms with Gasteiger partial charge in [0.15, 0.2) is 0 Å². The van der Waals surface area contributed by atoms with Crippen LogP contribution < -0.4 is 0 Å². The molecule has 0 aromatic rings. The molecule has 5 heteroatoms. The second-order valence-electron chi connectivity index (χ2n) is 12.7. The van der Waals surface area contributed by atoms with Gasteiger partial charge in [0.2, 0.25) is 0 Å². The Morgan fingerprint density at radius 3 is 1.72 bits per heavy atom. The van der Waals surface area contributed by atoms with Gasteiger partial charge < -0.3 is 0 Å². The van der Waals surface area contributed by atoms with E-state index < -0.39 is 26.7 Å². The number of rotatable bonds is 23. The quantitative estimate of drug-likeness (QED) is 0.0485. The van der Waals surface area contributed by atoms with Gasteiger partial charge in [0.1, 0.15) is 0 Å². The Morgan fingerprint density at radius 2 is 1.28 bits per heavy atom. The normalized spacial score (nSPS) is 15.1. The zero-order valence-electron chi connectivity index (χ0n) is 26.3. The van der Waals surface area contributed by atoms with Crippen molar-refractivity contribution in [3.8, 4) is 0 Å². The molecule has 216 valence electrons. The van der Waals surface area contributed by atoms with Crippen molar-refractivity contribution in [1.29, 1.82) is 0 Å². The van der Waals surface area contributed by atoms with Gasteiger partial charge in [0.25, 0.3) is 0 Å². The van der Waals surface area contributed by atoms with Crippen LogP contribution in [-0.4, -0.2) is 50.8 Å². The molecule has 0 aliphatic heterocycles. The summed E-state index contributed by atoms with van der Waals surface area (Å²) in [6.07, 6.45) is 20.6. The van der Waals surface area contributed by atoms with E-state index in [0.29, 0.717) is 17.0 Å². The molecule has 0 aromatic carbocycles. The second-order valence-corrected chi connectivity index (χ2v) is 31.1. The Hall–Kier alpha value is 0.636. The third-order valence-electron chi connectivity index (χ3n) is 8.41. The van der Waals surface area contributed by atoms with Crippen LogP contribution in [0.4, 0.5) is 0 Å². The first-order valence-corrected chi connectivity index (χ1v) is 26.1. The van der Waals surface area contributed by atoms with E-state index in [1.165, 1.54) is 83.9 Å². The SMILES string of the molecule is CCCC[C@@H](CCC/C=C/[C@H](OCOC)[Sn]([CH2]CCC)([CH2]CCC)[CH2]CCC)O[Si](C)(C)C(C)(C)C. The Labute approximate surface area is 232 Å². The molecule has 0 saturated carbocycles. The summed E-state index contributed by atoms with van der Waals surface area (Å²) in [6.45, 7) is 21.6. The van der Waals surface area contributed by atoms with E-state index in [4.69, 9.17) is 13.9 Å². The van der Waals surface area contributed by atoms with Gasteiger partial charge in [0, 0.05) is 0 Å². The summed E-state index contributed by atoms with van der Waals surface area (Å²) < 4.78 is 23.5. The van der Waals surface area contributed by atoms with Gasteiger partial charge in [-0.3, -0.25) is 0 Å². The van der Waals surface area contributed by atoms with E-state index in [-0.39, 0.29) is 5.04 Å². The van der Waals surface area contributed by atoms with Crippen molar-refractivity contribution < 1.29 is 13.9 Å². The summed E-state index contributed by atoms with van der Waals surface area (Å²) in [6, 6.07) is 0. The number of hydrogen-bond donors (Lipinski definition) is 0. The van der Waals surface area contributed by atoms with Crippen molar-refractivity contribution in [2.24, 2.45) is 0 Å². The molecular formula is C31H66O3SiSn. The van der Waals surface area contributed by atoms with Crippen LogP contribution in [0.5, 0.6) is 0 Å². The summed E-state index contributed by atoms with van der Waals surface area (Å²) in [4.78, 5) is 0. The Bertz CT molecular complexity index is 523. The first-order valence-electron chi connectivity index (χ1n) is 15.5. The number of ether oxygens (including phenoxy) is 2. The number of hydrogen-bond acceptors (Lipinski definition) is 3. The fourth-order valence-corrected chi connectivity index (χ4v) is 22.7. The minimum atomic E-state index is -2.51. The minimum absolute atomic E-state index is 0.273. The second kappa shape index (κ2) is 20.5. The van der Waals surface area contributed by atoms with E-state index in [9.17, 15) is 0 Å². The molecule has 0 radical (unpaired) electrons. The van der Waals surface area contributed by atoms with Crippen molar-refractivity contribution in [1.82, 2.24) is 0 Å². The molecule has 2 atom stereocenters. The summed E-state index contributed by atoms with van der Waals surface area (Å²) in [5.74, 6) is 0. The van der Waals surface area contributed by atoms with Crippen LogP contribution in [0.2, 0.25) is 31.4 Å². The van der Waals surface area contributed by atoms with Crippen molar-refractivity contribution in [2.45, 2.75) is 167 Å². The first-order chi connectivity index (χ1) is 17.0. The van der Waals surface area contributed by atoms with Gasteiger partial charge in [-0.05, 0) is 0 Å². The Balaban J connectivity index is 5.41. The molecule has 0 N–H and O–H groups in total. The zero-order valence-corrected chi connectivity index (χ0v) is 30.2. The monoisotopic (exact) mass is 634 g/mol. The standard InChI is InChI=1S/C19H39O3Si.3C4H9.Sn/c1-8-9-14-18(22-23(6,7)19(2,3)4)15-12-10-11-13-16-21-17-20-5;3*1-3-4-2;/h11,13,16,18H,8-10,12,14-15,17H2,1-7H3;3*1,3-4H2,2H3;/b13-11+;;;;/t18-;;;;/m0..../s1. The maximum atomic E-state index is 6.86. The number of methoxy groups -OCH3 is 1. The van der Waals surface area contributed by atoms with E-state index >= 15 is 0 Å². The molecule has 0 heterocycles. The molecule has 0 bridgehead atoms. The van der Waals surface area contributed by atoms with Crippen LogP contribution >= 0.6 is 0 Å². The fraction of sp³-hybridized carbons (Fsp3) is 0.935. The number of allylic oxidation sites excluding steroid dienone is 1. The van der Waals surface area contributed by atoms with Crippen LogP contribution in [0.3, 0.4) is 0 Å². The topological polar surface area (TPSA) is 27.7 Å². The van der Waals surface area contributed by atoms with Crippen molar-refractivity contribution in [2.75, 3.05) is 13.9 Å². The molecule has 0 aliphatic rings. The number of unbranched alkanes of at least 4 members (excludes halogenated alkanes) is 5. The average Bonchev–Trinajstić information content (AvgIpc) is 2.83. The third-order valence-corrected chi connectivity index (χ3v) is 29.0. The van der Waals surface area contributed by atoms with Gasteiger partial charge >= 0.3 is 234 Å². The summed E-state index contributed by atoms with van der Waals surface area (Å²) in [7, 11) is 0.0385. The van der Waals surface area contributed by atoms with Crippen LogP contribution in [0.1, 0.15) is 126 Å². The summed E-state index contributed by atoms with van der Waals surface area (Å²) in [5.41, 5.74) is 0. The summed E-state index contributed by atoms with van der Waals surface area (Å²) in [5, 5.41) is 0.273. The molecule has 0 rings (SSSR count). The molecule has 0 unspecified atom stereocenters. The molecule has 0 fully saturated rings.